The van der Waals surface area contributed by atoms with Crippen LogP contribution in [0.1, 0.15) is 11.3 Å². The minimum absolute atomic E-state index is 0.0193. The summed E-state index contributed by atoms with van der Waals surface area (Å²) >= 11 is 0. The summed E-state index contributed by atoms with van der Waals surface area (Å²) in [6.07, 6.45) is -3.37. The molecule has 4 aromatic rings. The first-order valence-electron chi connectivity index (χ1n) is 8.76. The third-order valence-corrected chi connectivity index (χ3v) is 4.62. The fourth-order valence-corrected chi connectivity index (χ4v) is 3.20. The number of alkyl halides is 3. The number of aromatic nitrogens is 4. The van der Waals surface area contributed by atoms with E-state index in [1.54, 1.807) is 31.2 Å². The second-order valence-corrected chi connectivity index (χ2v) is 6.58. The summed E-state index contributed by atoms with van der Waals surface area (Å²) in [7, 11) is 1.43. The highest BCUT2D eigenvalue weighted by atomic mass is 19.4. The molecule has 0 unspecified atom stereocenters. The Morgan fingerprint density at radius 2 is 1.87 bits per heavy atom. The molecular weight excluding hydrogens is 399 g/mol. The fraction of sp³-hybridized carbons (Fsp3) is 0.150. The van der Waals surface area contributed by atoms with Crippen LogP contribution in [-0.4, -0.2) is 31.8 Å². The number of hydrogen-bond acceptors (Lipinski definition) is 6. The first-order chi connectivity index (χ1) is 14.2. The molecule has 0 bridgehead atoms. The maximum atomic E-state index is 13.3. The maximum absolute atomic E-state index is 13.3. The molecule has 154 valence electrons. The van der Waals surface area contributed by atoms with Gasteiger partial charge < -0.3 is 15.6 Å². The van der Waals surface area contributed by atoms with Crippen molar-refractivity contribution in [3.05, 3.63) is 53.9 Å². The summed E-state index contributed by atoms with van der Waals surface area (Å²) in [5.74, 6) is -0.342. The number of methoxy groups -OCH3 is 1. The number of nitrogens with zero attached hydrogens (tertiary/aromatic N) is 4. The lowest BCUT2D eigenvalue weighted by Crippen LogP contribution is -2.11. The first-order valence-corrected chi connectivity index (χ1v) is 8.76. The van der Waals surface area contributed by atoms with E-state index in [-0.39, 0.29) is 17.1 Å². The van der Waals surface area contributed by atoms with Crippen LogP contribution in [0.4, 0.5) is 19.0 Å². The van der Waals surface area contributed by atoms with Crippen molar-refractivity contribution >= 4 is 11.5 Å². The molecule has 0 fully saturated rings. The van der Waals surface area contributed by atoms with Crippen LogP contribution >= 0.6 is 0 Å². The van der Waals surface area contributed by atoms with E-state index in [0.717, 1.165) is 6.07 Å². The summed E-state index contributed by atoms with van der Waals surface area (Å²) in [6.45, 7) is 1.68. The number of pyridine rings is 1. The van der Waals surface area contributed by atoms with Gasteiger partial charge in [-0.2, -0.15) is 18.3 Å². The molecule has 3 heterocycles. The van der Waals surface area contributed by atoms with Gasteiger partial charge in [0.2, 0.25) is 0 Å². The lowest BCUT2D eigenvalue weighted by molar-refractivity contribution is -0.137. The third-order valence-electron chi connectivity index (χ3n) is 4.62. The fourth-order valence-electron chi connectivity index (χ4n) is 3.20. The predicted molar refractivity (Wildman–Crippen MR) is 104 cm³/mol. The molecule has 10 heteroatoms. The first kappa shape index (κ1) is 19.5. The summed E-state index contributed by atoms with van der Waals surface area (Å²) in [6, 6.07) is 9.10. The van der Waals surface area contributed by atoms with Gasteiger partial charge in [-0.3, -0.25) is 0 Å². The Morgan fingerprint density at radius 1 is 1.10 bits per heavy atom. The number of rotatable bonds is 3. The van der Waals surface area contributed by atoms with Crippen molar-refractivity contribution < 1.29 is 23.0 Å². The molecule has 0 aliphatic rings. The minimum atomic E-state index is -4.64. The molecule has 3 N–H and O–H groups in total. The van der Waals surface area contributed by atoms with Crippen molar-refractivity contribution in [1.82, 2.24) is 19.6 Å². The lowest BCUT2D eigenvalue weighted by atomic mass is 10.1. The van der Waals surface area contributed by atoms with Crippen molar-refractivity contribution in [2.24, 2.45) is 0 Å². The number of nitrogen functional groups attached to an aromatic ring is 1. The topological polar surface area (TPSA) is 98.6 Å². The highest BCUT2D eigenvalue weighted by molar-refractivity contribution is 5.70. The van der Waals surface area contributed by atoms with Crippen molar-refractivity contribution in [3.8, 4) is 34.0 Å². The van der Waals surface area contributed by atoms with Crippen LogP contribution in [0.15, 0.2) is 42.6 Å². The molecule has 7 nitrogen and oxygen atoms in total. The van der Waals surface area contributed by atoms with Crippen LogP contribution in [0.2, 0.25) is 0 Å². The van der Waals surface area contributed by atoms with Gasteiger partial charge in [0.1, 0.15) is 5.82 Å². The molecule has 0 aliphatic carbocycles. The lowest BCUT2D eigenvalue weighted by Gasteiger charge is -2.11. The van der Waals surface area contributed by atoms with Crippen LogP contribution in [0.25, 0.3) is 28.2 Å². The number of anilines is 1. The number of ether oxygens (including phenoxy) is 1. The molecule has 0 atom stereocenters. The van der Waals surface area contributed by atoms with Crippen molar-refractivity contribution in [1.29, 1.82) is 0 Å². The van der Waals surface area contributed by atoms with Gasteiger partial charge in [-0.15, -0.1) is 0 Å². The Morgan fingerprint density at radius 3 is 2.57 bits per heavy atom. The molecule has 4 rings (SSSR count). The smallest absolute Gasteiger partial charge is 0.419 e. The van der Waals surface area contributed by atoms with E-state index < -0.39 is 17.6 Å². The number of phenolic OH excluding ortho intramolecular Hbond substituents is 1. The highest BCUT2D eigenvalue weighted by Gasteiger charge is 2.34. The van der Waals surface area contributed by atoms with E-state index >= 15 is 0 Å². The summed E-state index contributed by atoms with van der Waals surface area (Å²) < 4.78 is 46.4. The molecular formula is C20H16F3N5O2. The largest absolute Gasteiger partial charge is 0.504 e. The monoisotopic (exact) mass is 415 g/mol. The number of halogens is 3. The zero-order chi connectivity index (χ0) is 21.6. The Balaban J connectivity index is 1.90. The van der Waals surface area contributed by atoms with Gasteiger partial charge in [0.05, 0.1) is 29.8 Å². The molecule has 30 heavy (non-hydrogen) atoms. The van der Waals surface area contributed by atoms with E-state index in [9.17, 15) is 18.3 Å². The summed E-state index contributed by atoms with van der Waals surface area (Å²) in [5.41, 5.74) is 7.07. The average molecular weight is 415 g/mol. The van der Waals surface area contributed by atoms with Crippen LogP contribution in [0.3, 0.4) is 0 Å². The number of nitrogens with two attached hydrogens (primary N) is 1. The van der Waals surface area contributed by atoms with Gasteiger partial charge in [0.25, 0.3) is 0 Å². The Bertz CT molecular complexity index is 1270. The zero-order valence-electron chi connectivity index (χ0n) is 15.9. The quantitative estimate of drug-likeness (QED) is 0.523. The molecule has 0 saturated heterocycles. The molecule has 0 aliphatic heterocycles. The third kappa shape index (κ3) is 3.25. The Hall–Kier alpha value is -3.82. The van der Waals surface area contributed by atoms with Crippen molar-refractivity contribution in [2.75, 3.05) is 12.8 Å². The summed E-state index contributed by atoms with van der Waals surface area (Å²) in [5, 5.41) is 14.3. The number of phenols is 1. The number of hydrogen-bond donors (Lipinski definition) is 2. The SMILES string of the molecule is COc1cc(-c2ccc3nc(C)c(-c4cnc(N)c(C(F)(F)F)c4)n3n2)ccc1O. The highest BCUT2D eigenvalue weighted by Crippen LogP contribution is 2.36. The molecule has 0 saturated carbocycles. The maximum Gasteiger partial charge on any atom is 0.419 e. The number of benzene rings is 1. The van der Waals surface area contributed by atoms with Gasteiger partial charge in [0, 0.05) is 17.3 Å². The van der Waals surface area contributed by atoms with E-state index in [0.29, 0.717) is 28.3 Å². The van der Waals surface area contributed by atoms with Crippen molar-refractivity contribution in [3.63, 3.8) is 0 Å². The molecule has 1 aromatic carbocycles. The number of aromatic hydroxyl groups is 1. The van der Waals surface area contributed by atoms with E-state index in [1.807, 2.05) is 0 Å². The molecule has 0 radical (unpaired) electrons. The molecule has 3 aromatic heterocycles. The van der Waals surface area contributed by atoms with Gasteiger partial charge in [-0.25, -0.2) is 14.5 Å². The van der Waals surface area contributed by atoms with Gasteiger partial charge >= 0.3 is 6.18 Å². The normalized spacial score (nSPS) is 11.8. The van der Waals surface area contributed by atoms with E-state index in [2.05, 4.69) is 15.1 Å². The van der Waals surface area contributed by atoms with Crippen LogP contribution in [0, 0.1) is 6.92 Å². The molecule has 0 amide bonds. The van der Waals surface area contributed by atoms with E-state index in [4.69, 9.17) is 10.5 Å². The number of fused-ring (bicyclic) bond motifs is 1. The number of imidazole rings is 1. The zero-order valence-corrected chi connectivity index (χ0v) is 15.9. The van der Waals surface area contributed by atoms with Gasteiger partial charge in [0.15, 0.2) is 17.1 Å². The van der Waals surface area contributed by atoms with Gasteiger partial charge in [-0.1, -0.05) is 0 Å². The van der Waals surface area contributed by atoms with Crippen LogP contribution in [-0.2, 0) is 6.18 Å². The van der Waals surface area contributed by atoms with Crippen LogP contribution < -0.4 is 10.5 Å². The summed E-state index contributed by atoms with van der Waals surface area (Å²) in [4.78, 5) is 8.09. The second-order valence-electron chi connectivity index (χ2n) is 6.58. The van der Waals surface area contributed by atoms with Gasteiger partial charge in [-0.05, 0) is 43.3 Å². The average Bonchev–Trinajstić information content (AvgIpc) is 3.03. The van der Waals surface area contributed by atoms with Crippen molar-refractivity contribution in [2.45, 2.75) is 13.1 Å². The van der Waals surface area contributed by atoms with E-state index in [1.165, 1.54) is 23.9 Å². The van der Waals surface area contributed by atoms with Crippen LogP contribution in [0.5, 0.6) is 11.5 Å². The number of aryl methyl sites for hydroxylation is 1. The molecule has 0 spiro atoms. The predicted octanol–water partition coefficient (Wildman–Crippen LogP) is 4.08. The standard InChI is InChI=1S/C20H16F3N5O2/c1-10-18(12-7-13(20(21,22)23)19(24)25-9-12)28-17(26-10)6-4-14(27-28)11-3-5-15(29)16(8-11)30-2/h3-9,29H,1-2H3,(H2,24,25). The Labute approximate surface area is 168 Å². The minimum Gasteiger partial charge on any atom is -0.504 e. The Kier molecular flexibility index (Phi) is 4.49. The second kappa shape index (κ2) is 6.90.